The number of nitrogens with zero attached hydrogens (tertiary/aromatic N) is 3. The summed E-state index contributed by atoms with van der Waals surface area (Å²) in [5.74, 6) is 0.884. The first-order valence-corrected chi connectivity index (χ1v) is 12.5. The highest BCUT2D eigenvalue weighted by atomic mass is 16.5. The number of amides is 2. The standard InChI is InChI=1S/C26H41N3O3/c1-4-28-18-12-6-5-7-13-19-29(25(30)20-27(2)3)22-15-9-11-17-24(22)32-23-16-10-8-14-21(23)26(28)31/h8,10,14,16,22,24H,4-7,9,11-13,15,17-20H2,1-3H3/t22-,24+/m1/s1. The van der Waals surface area contributed by atoms with Gasteiger partial charge in [-0.25, -0.2) is 0 Å². The van der Waals surface area contributed by atoms with Gasteiger partial charge >= 0.3 is 0 Å². The number of fused-ring (bicyclic) bond motifs is 2. The Morgan fingerprint density at radius 2 is 1.69 bits per heavy atom. The van der Waals surface area contributed by atoms with Gasteiger partial charge in [0.25, 0.3) is 5.91 Å². The zero-order valence-electron chi connectivity index (χ0n) is 20.2. The molecule has 0 radical (unpaired) electrons. The van der Waals surface area contributed by atoms with E-state index in [4.69, 9.17) is 4.74 Å². The molecule has 1 heterocycles. The lowest BCUT2D eigenvalue weighted by molar-refractivity contribution is -0.137. The number of ether oxygens (including phenoxy) is 1. The molecule has 1 aromatic rings. The van der Waals surface area contributed by atoms with Crippen LogP contribution in [0.4, 0.5) is 0 Å². The third kappa shape index (κ3) is 6.47. The molecule has 0 spiro atoms. The zero-order chi connectivity index (χ0) is 22.9. The monoisotopic (exact) mass is 443 g/mol. The van der Waals surface area contributed by atoms with Gasteiger partial charge in [-0.15, -0.1) is 0 Å². The molecule has 1 aliphatic carbocycles. The summed E-state index contributed by atoms with van der Waals surface area (Å²) < 4.78 is 6.57. The molecule has 0 bridgehead atoms. The van der Waals surface area contributed by atoms with Crippen molar-refractivity contribution in [2.45, 2.75) is 76.9 Å². The summed E-state index contributed by atoms with van der Waals surface area (Å²) in [4.78, 5) is 32.5. The van der Waals surface area contributed by atoms with Crippen molar-refractivity contribution in [3.63, 3.8) is 0 Å². The summed E-state index contributed by atoms with van der Waals surface area (Å²) in [6.45, 7) is 4.73. The summed E-state index contributed by atoms with van der Waals surface area (Å²) >= 11 is 0. The lowest BCUT2D eigenvalue weighted by Gasteiger charge is -2.40. The van der Waals surface area contributed by atoms with Gasteiger partial charge in [0.15, 0.2) is 0 Å². The molecule has 6 nitrogen and oxygen atoms in total. The number of likely N-dealkylation sites (N-methyl/N-ethyl adjacent to an activating group) is 1. The van der Waals surface area contributed by atoms with Gasteiger partial charge in [0, 0.05) is 19.6 Å². The second-order valence-electron chi connectivity index (χ2n) is 9.48. The molecule has 1 aromatic carbocycles. The summed E-state index contributed by atoms with van der Waals surface area (Å²) in [7, 11) is 3.89. The van der Waals surface area contributed by atoms with E-state index in [-0.39, 0.29) is 24.0 Å². The molecule has 6 heteroatoms. The summed E-state index contributed by atoms with van der Waals surface area (Å²) in [6, 6.07) is 7.70. The minimum absolute atomic E-state index is 0.0471. The Balaban J connectivity index is 1.92. The minimum Gasteiger partial charge on any atom is -0.487 e. The van der Waals surface area contributed by atoms with E-state index in [2.05, 4.69) is 4.90 Å². The average molecular weight is 444 g/mol. The summed E-state index contributed by atoms with van der Waals surface area (Å²) in [5.41, 5.74) is 0.639. The molecule has 0 aromatic heterocycles. The topological polar surface area (TPSA) is 53.1 Å². The fourth-order valence-electron chi connectivity index (χ4n) is 5.01. The Morgan fingerprint density at radius 3 is 2.44 bits per heavy atom. The first-order valence-electron chi connectivity index (χ1n) is 12.5. The average Bonchev–Trinajstić information content (AvgIpc) is 2.78. The number of carbonyl (C=O) groups excluding carboxylic acids is 2. The quantitative estimate of drug-likeness (QED) is 0.703. The van der Waals surface area contributed by atoms with Crippen LogP contribution in [0, 0.1) is 0 Å². The number of benzene rings is 1. The third-order valence-electron chi connectivity index (χ3n) is 6.73. The molecule has 2 amide bonds. The van der Waals surface area contributed by atoms with Gasteiger partial charge in [0.05, 0.1) is 18.2 Å². The lowest BCUT2D eigenvalue weighted by atomic mass is 9.90. The number of rotatable bonds is 3. The van der Waals surface area contributed by atoms with Crippen LogP contribution >= 0.6 is 0 Å². The van der Waals surface area contributed by atoms with E-state index in [0.717, 1.165) is 70.9 Å². The highest BCUT2D eigenvalue weighted by molar-refractivity contribution is 5.97. The van der Waals surface area contributed by atoms with Gasteiger partial charge in [-0.1, -0.05) is 37.8 Å². The van der Waals surface area contributed by atoms with Crippen LogP contribution < -0.4 is 4.74 Å². The maximum Gasteiger partial charge on any atom is 0.257 e. The molecule has 1 aliphatic heterocycles. The number of carbonyl (C=O) groups is 2. The van der Waals surface area contributed by atoms with Gasteiger partial charge in [0.2, 0.25) is 5.91 Å². The van der Waals surface area contributed by atoms with Crippen molar-refractivity contribution in [1.82, 2.24) is 14.7 Å². The van der Waals surface area contributed by atoms with Crippen LogP contribution in [0.5, 0.6) is 5.75 Å². The molecular formula is C26H41N3O3. The first-order chi connectivity index (χ1) is 15.5. The summed E-state index contributed by atoms with van der Waals surface area (Å²) in [6.07, 6.45) is 9.40. The second-order valence-corrected chi connectivity index (χ2v) is 9.48. The molecule has 2 atom stereocenters. The third-order valence-corrected chi connectivity index (χ3v) is 6.73. The molecule has 0 unspecified atom stereocenters. The Kier molecular flexibility index (Phi) is 9.39. The normalized spacial score (nSPS) is 23.6. The molecule has 1 fully saturated rings. The molecule has 1 saturated carbocycles. The highest BCUT2D eigenvalue weighted by Gasteiger charge is 2.35. The van der Waals surface area contributed by atoms with Crippen molar-refractivity contribution in [2.24, 2.45) is 0 Å². The maximum atomic E-state index is 13.3. The van der Waals surface area contributed by atoms with E-state index < -0.39 is 0 Å². The Labute approximate surface area is 193 Å². The van der Waals surface area contributed by atoms with E-state index in [1.807, 2.05) is 55.1 Å². The van der Waals surface area contributed by atoms with Gasteiger partial charge in [-0.2, -0.15) is 0 Å². The van der Waals surface area contributed by atoms with Crippen LogP contribution in [0.15, 0.2) is 24.3 Å². The van der Waals surface area contributed by atoms with Gasteiger partial charge in [0.1, 0.15) is 11.9 Å². The van der Waals surface area contributed by atoms with Crippen molar-refractivity contribution in [1.29, 1.82) is 0 Å². The van der Waals surface area contributed by atoms with E-state index in [0.29, 0.717) is 24.4 Å². The van der Waals surface area contributed by atoms with Crippen LogP contribution in [-0.4, -0.2) is 78.9 Å². The SMILES string of the molecule is CCN1CCCCCCCN(C(=O)CN(C)C)[C@@H]2CCCC[C@@H]2Oc2ccccc2C1=O. The predicted octanol–water partition coefficient (Wildman–Crippen LogP) is 4.19. The Morgan fingerprint density at radius 1 is 1.00 bits per heavy atom. The van der Waals surface area contributed by atoms with Crippen LogP contribution in [0.25, 0.3) is 0 Å². The molecule has 32 heavy (non-hydrogen) atoms. The molecule has 178 valence electrons. The van der Waals surface area contributed by atoms with Crippen LogP contribution in [0.3, 0.4) is 0 Å². The van der Waals surface area contributed by atoms with Gasteiger partial charge < -0.3 is 19.4 Å². The Bertz CT molecular complexity index is 752. The van der Waals surface area contributed by atoms with Crippen LogP contribution in [0.1, 0.15) is 75.1 Å². The van der Waals surface area contributed by atoms with Crippen molar-refractivity contribution < 1.29 is 14.3 Å². The maximum absolute atomic E-state index is 13.3. The minimum atomic E-state index is -0.0796. The lowest BCUT2D eigenvalue weighted by Crippen LogP contribution is -2.53. The van der Waals surface area contributed by atoms with E-state index >= 15 is 0 Å². The first kappa shape index (κ1) is 24.6. The van der Waals surface area contributed by atoms with Crippen molar-refractivity contribution in [3.8, 4) is 5.75 Å². The smallest absolute Gasteiger partial charge is 0.257 e. The molecule has 2 aliphatic rings. The number of para-hydroxylation sites is 1. The highest BCUT2D eigenvalue weighted by Crippen LogP contribution is 2.30. The fraction of sp³-hybridized carbons (Fsp3) is 0.692. The second kappa shape index (κ2) is 12.2. The van der Waals surface area contributed by atoms with E-state index in [1.54, 1.807) is 0 Å². The van der Waals surface area contributed by atoms with Gasteiger partial charge in [-0.3, -0.25) is 9.59 Å². The van der Waals surface area contributed by atoms with Crippen molar-refractivity contribution >= 4 is 11.8 Å². The largest absolute Gasteiger partial charge is 0.487 e. The predicted molar refractivity (Wildman–Crippen MR) is 128 cm³/mol. The van der Waals surface area contributed by atoms with E-state index in [9.17, 15) is 9.59 Å². The Hall–Kier alpha value is -2.08. The molecule has 0 N–H and O–H groups in total. The van der Waals surface area contributed by atoms with Gasteiger partial charge in [-0.05, 0) is 65.3 Å². The summed E-state index contributed by atoms with van der Waals surface area (Å²) in [5, 5.41) is 0. The van der Waals surface area contributed by atoms with E-state index in [1.165, 1.54) is 0 Å². The van der Waals surface area contributed by atoms with Crippen molar-refractivity contribution in [3.05, 3.63) is 29.8 Å². The molecule has 0 saturated heterocycles. The molecule has 3 rings (SSSR count). The zero-order valence-corrected chi connectivity index (χ0v) is 20.2. The fourth-order valence-corrected chi connectivity index (χ4v) is 5.01. The number of hydrogen-bond acceptors (Lipinski definition) is 4. The van der Waals surface area contributed by atoms with Crippen LogP contribution in [0.2, 0.25) is 0 Å². The van der Waals surface area contributed by atoms with Crippen LogP contribution in [-0.2, 0) is 4.79 Å². The molecular weight excluding hydrogens is 402 g/mol. The number of hydrogen-bond donors (Lipinski definition) is 0. The van der Waals surface area contributed by atoms with Crippen molar-refractivity contribution in [2.75, 3.05) is 40.3 Å².